The molecule has 0 aliphatic heterocycles. The smallest absolute Gasteiger partial charge is 0.123 e. The van der Waals surface area contributed by atoms with E-state index in [9.17, 15) is 0 Å². The van der Waals surface area contributed by atoms with E-state index in [-0.39, 0.29) is 6.04 Å². The number of hydrogen-bond acceptors (Lipinski definition) is 3. The molecule has 1 unspecified atom stereocenters. The first-order valence-electron chi connectivity index (χ1n) is 7.53. The summed E-state index contributed by atoms with van der Waals surface area (Å²) in [7, 11) is 1.72. The lowest BCUT2D eigenvalue weighted by Crippen LogP contribution is -2.27. The molecule has 0 amide bonds. The number of nitrogens with zero attached hydrogens (tertiary/aromatic N) is 2. The Bertz CT molecular complexity index is 577. The van der Waals surface area contributed by atoms with Gasteiger partial charge in [0, 0.05) is 11.3 Å². The summed E-state index contributed by atoms with van der Waals surface area (Å²) in [6.07, 6.45) is 1.10. The molecule has 4 heteroatoms. The maximum atomic E-state index is 5.51. The molecule has 0 fully saturated rings. The van der Waals surface area contributed by atoms with E-state index in [2.05, 4.69) is 47.1 Å². The van der Waals surface area contributed by atoms with Gasteiger partial charge in [-0.3, -0.25) is 4.68 Å². The monoisotopic (exact) mass is 287 g/mol. The van der Waals surface area contributed by atoms with Gasteiger partial charge < -0.3 is 10.1 Å². The van der Waals surface area contributed by atoms with Crippen molar-refractivity contribution >= 4 is 0 Å². The highest BCUT2D eigenvalue weighted by Crippen LogP contribution is 2.26. The van der Waals surface area contributed by atoms with Crippen LogP contribution in [-0.2, 0) is 6.54 Å². The average Bonchev–Trinajstić information content (AvgIpc) is 2.81. The van der Waals surface area contributed by atoms with Crippen molar-refractivity contribution in [2.24, 2.45) is 0 Å². The molecule has 0 radical (unpaired) electrons. The third kappa shape index (κ3) is 3.85. The Hall–Kier alpha value is -1.81. The lowest BCUT2D eigenvalue weighted by Gasteiger charge is -2.22. The largest absolute Gasteiger partial charge is 0.496 e. The van der Waals surface area contributed by atoms with E-state index in [4.69, 9.17) is 4.74 Å². The zero-order valence-corrected chi connectivity index (χ0v) is 13.4. The number of hydrogen-bond donors (Lipinski definition) is 1. The van der Waals surface area contributed by atoms with Gasteiger partial charge in [-0.05, 0) is 38.9 Å². The third-order valence-electron chi connectivity index (χ3n) is 3.61. The lowest BCUT2D eigenvalue weighted by molar-refractivity contribution is 0.381. The highest BCUT2D eigenvalue weighted by atomic mass is 16.5. The van der Waals surface area contributed by atoms with Crippen LogP contribution in [0.5, 0.6) is 5.75 Å². The second kappa shape index (κ2) is 7.27. The molecule has 1 aromatic carbocycles. The van der Waals surface area contributed by atoms with E-state index in [1.54, 1.807) is 7.11 Å². The summed E-state index contributed by atoms with van der Waals surface area (Å²) in [5.74, 6) is 0.924. The average molecular weight is 287 g/mol. The van der Waals surface area contributed by atoms with Crippen LogP contribution < -0.4 is 10.1 Å². The zero-order valence-electron chi connectivity index (χ0n) is 13.4. The molecule has 0 aliphatic rings. The number of rotatable bonds is 7. The molecule has 1 N–H and O–H groups in total. The summed E-state index contributed by atoms with van der Waals surface area (Å²) in [5.41, 5.74) is 3.42. The first kappa shape index (κ1) is 15.6. The summed E-state index contributed by atoms with van der Waals surface area (Å²) >= 11 is 0. The van der Waals surface area contributed by atoms with Crippen molar-refractivity contribution in [3.8, 4) is 5.75 Å². The van der Waals surface area contributed by atoms with E-state index >= 15 is 0 Å². The Balaban J connectivity index is 2.27. The number of methoxy groups -OCH3 is 1. The molecule has 114 valence electrons. The van der Waals surface area contributed by atoms with Crippen LogP contribution in [0.1, 0.15) is 36.3 Å². The molecule has 0 bridgehead atoms. The summed E-state index contributed by atoms with van der Waals surface area (Å²) in [5, 5.41) is 8.18. The van der Waals surface area contributed by atoms with Crippen molar-refractivity contribution < 1.29 is 4.74 Å². The Morgan fingerprint density at radius 1 is 1.29 bits per heavy atom. The number of aryl methyl sites for hydroxylation is 2. The van der Waals surface area contributed by atoms with Crippen molar-refractivity contribution in [2.45, 2.75) is 39.8 Å². The molecule has 1 heterocycles. The number of para-hydroxylation sites is 1. The van der Waals surface area contributed by atoms with Crippen LogP contribution >= 0.6 is 0 Å². The van der Waals surface area contributed by atoms with Crippen LogP contribution in [0, 0.1) is 13.8 Å². The minimum atomic E-state index is 0.194. The SMILES string of the molecule is CCCNC(Cn1nc(C)cc1C)c1ccccc1OC. The molecule has 1 atom stereocenters. The van der Waals surface area contributed by atoms with E-state index in [0.717, 1.165) is 31.0 Å². The molecule has 4 nitrogen and oxygen atoms in total. The van der Waals surface area contributed by atoms with Gasteiger partial charge in [-0.25, -0.2) is 0 Å². The summed E-state index contributed by atoms with van der Waals surface area (Å²) in [6, 6.07) is 10.5. The van der Waals surface area contributed by atoms with Crippen LogP contribution in [0.2, 0.25) is 0 Å². The van der Waals surface area contributed by atoms with Gasteiger partial charge in [0.05, 0.1) is 25.4 Å². The van der Waals surface area contributed by atoms with Crippen molar-refractivity contribution in [1.82, 2.24) is 15.1 Å². The van der Waals surface area contributed by atoms with Crippen LogP contribution in [0.3, 0.4) is 0 Å². The lowest BCUT2D eigenvalue weighted by atomic mass is 10.1. The summed E-state index contributed by atoms with van der Waals surface area (Å²) in [4.78, 5) is 0. The Labute approximate surface area is 127 Å². The molecule has 2 aromatic rings. The number of aromatic nitrogens is 2. The molecule has 0 saturated heterocycles. The molecular weight excluding hydrogens is 262 g/mol. The molecule has 21 heavy (non-hydrogen) atoms. The predicted octanol–water partition coefficient (Wildman–Crippen LogP) is 3.25. The Morgan fingerprint density at radius 2 is 2.05 bits per heavy atom. The molecule has 1 aromatic heterocycles. The van der Waals surface area contributed by atoms with E-state index in [0.29, 0.717) is 0 Å². The van der Waals surface area contributed by atoms with E-state index in [1.165, 1.54) is 11.3 Å². The van der Waals surface area contributed by atoms with Crippen molar-refractivity contribution in [1.29, 1.82) is 0 Å². The second-order valence-corrected chi connectivity index (χ2v) is 5.36. The quantitative estimate of drug-likeness (QED) is 0.849. The van der Waals surface area contributed by atoms with Crippen molar-refractivity contribution in [2.75, 3.05) is 13.7 Å². The number of nitrogens with one attached hydrogen (secondary N) is 1. The van der Waals surface area contributed by atoms with Gasteiger partial charge in [-0.15, -0.1) is 0 Å². The first-order chi connectivity index (χ1) is 10.2. The minimum absolute atomic E-state index is 0.194. The summed E-state index contributed by atoms with van der Waals surface area (Å²) < 4.78 is 7.57. The van der Waals surface area contributed by atoms with Gasteiger partial charge in [-0.2, -0.15) is 5.10 Å². The highest BCUT2D eigenvalue weighted by molar-refractivity contribution is 5.35. The second-order valence-electron chi connectivity index (χ2n) is 5.36. The van der Waals surface area contributed by atoms with E-state index in [1.807, 2.05) is 19.1 Å². The Kier molecular flexibility index (Phi) is 5.39. The van der Waals surface area contributed by atoms with Crippen LogP contribution in [0.15, 0.2) is 30.3 Å². The fraction of sp³-hybridized carbons (Fsp3) is 0.471. The first-order valence-corrected chi connectivity index (χ1v) is 7.53. The van der Waals surface area contributed by atoms with Gasteiger partial charge in [0.2, 0.25) is 0 Å². The molecule has 0 aliphatic carbocycles. The number of ether oxygens (including phenoxy) is 1. The zero-order chi connectivity index (χ0) is 15.2. The minimum Gasteiger partial charge on any atom is -0.496 e. The molecular formula is C17H25N3O. The van der Waals surface area contributed by atoms with Crippen LogP contribution in [-0.4, -0.2) is 23.4 Å². The third-order valence-corrected chi connectivity index (χ3v) is 3.61. The fourth-order valence-electron chi connectivity index (χ4n) is 2.58. The fourth-order valence-corrected chi connectivity index (χ4v) is 2.58. The van der Waals surface area contributed by atoms with Crippen LogP contribution in [0.25, 0.3) is 0 Å². The van der Waals surface area contributed by atoms with Gasteiger partial charge in [0.25, 0.3) is 0 Å². The maximum absolute atomic E-state index is 5.51. The highest BCUT2D eigenvalue weighted by Gasteiger charge is 2.17. The normalized spacial score (nSPS) is 12.4. The van der Waals surface area contributed by atoms with Crippen LogP contribution in [0.4, 0.5) is 0 Å². The molecule has 0 spiro atoms. The summed E-state index contributed by atoms with van der Waals surface area (Å²) in [6.45, 7) is 8.08. The predicted molar refractivity (Wildman–Crippen MR) is 85.7 cm³/mol. The van der Waals surface area contributed by atoms with Crippen molar-refractivity contribution in [3.63, 3.8) is 0 Å². The van der Waals surface area contributed by atoms with Gasteiger partial charge in [0.1, 0.15) is 5.75 Å². The number of benzene rings is 1. The Morgan fingerprint density at radius 3 is 2.67 bits per heavy atom. The van der Waals surface area contributed by atoms with Gasteiger partial charge in [0.15, 0.2) is 0 Å². The topological polar surface area (TPSA) is 39.1 Å². The van der Waals surface area contributed by atoms with Gasteiger partial charge >= 0.3 is 0 Å². The van der Waals surface area contributed by atoms with Crippen molar-refractivity contribution in [3.05, 3.63) is 47.3 Å². The molecule has 2 rings (SSSR count). The van der Waals surface area contributed by atoms with E-state index < -0.39 is 0 Å². The maximum Gasteiger partial charge on any atom is 0.123 e. The van der Waals surface area contributed by atoms with Gasteiger partial charge in [-0.1, -0.05) is 25.1 Å². The molecule has 0 saturated carbocycles. The standard InChI is InChI=1S/C17H25N3O/c1-5-10-18-16(12-20-14(3)11-13(2)19-20)15-8-6-7-9-17(15)21-4/h6-9,11,16,18H,5,10,12H2,1-4H3.